The maximum atomic E-state index is 13.2. The predicted molar refractivity (Wildman–Crippen MR) is 88.6 cm³/mol. The van der Waals surface area contributed by atoms with Crippen LogP contribution in [0.5, 0.6) is 0 Å². The Morgan fingerprint density at radius 2 is 2.11 bits per heavy atom. The molecular weight excluding hydrogens is 361 g/mol. The Morgan fingerprint density at radius 1 is 1.44 bits per heavy atom. The van der Waals surface area contributed by atoms with E-state index in [1.54, 1.807) is 6.92 Å². The van der Waals surface area contributed by atoms with Gasteiger partial charge >= 0.3 is 6.18 Å². The highest BCUT2D eigenvalue weighted by molar-refractivity contribution is 5.99. The van der Waals surface area contributed by atoms with E-state index in [4.69, 9.17) is 10.5 Å². The summed E-state index contributed by atoms with van der Waals surface area (Å²) >= 11 is 0. The number of aryl methyl sites for hydroxylation is 1. The molecule has 144 valence electrons. The summed E-state index contributed by atoms with van der Waals surface area (Å²) in [5.41, 5.74) is 4.66. The number of hydrogen-bond acceptors (Lipinski definition) is 5. The van der Waals surface area contributed by atoms with E-state index in [1.165, 1.54) is 0 Å². The van der Waals surface area contributed by atoms with Crippen molar-refractivity contribution in [2.24, 2.45) is 11.1 Å². The van der Waals surface area contributed by atoms with Crippen LogP contribution in [0.15, 0.2) is 28.9 Å². The molecule has 1 unspecified atom stereocenters. The van der Waals surface area contributed by atoms with Crippen LogP contribution in [-0.2, 0) is 22.3 Å². The van der Waals surface area contributed by atoms with E-state index < -0.39 is 17.8 Å². The lowest BCUT2D eigenvalue weighted by Crippen LogP contribution is -2.34. The maximum Gasteiger partial charge on any atom is 0.435 e. The number of ether oxygens (including phenoxy) is 1. The summed E-state index contributed by atoms with van der Waals surface area (Å²) in [4.78, 5) is 12.8. The number of halogens is 3. The first kappa shape index (κ1) is 19.0. The van der Waals surface area contributed by atoms with E-state index >= 15 is 0 Å². The summed E-state index contributed by atoms with van der Waals surface area (Å²) < 4.78 is 46.2. The number of nitriles is 1. The molecule has 2 N–H and O–H groups in total. The largest absolute Gasteiger partial charge is 0.444 e. The van der Waals surface area contributed by atoms with E-state index in [0.29, 0.717) is 12.2 Å². The lowest BCUT2D eigenvalue weighted by Gasteiger charge is -2.37. The monoisotopic (exact) mass is 380 g/mol. The quantitative estimate of drug-likeness (QED) is 0.849. The van der Waals surface area contributed by atoms with Crippen molar-refractivity contribution >= 4 is 5.78 Å². The van der Waals surface area contributed by atoms with Crippen LogP contribution >= 0.6 is 0 Å². The number of nitrogens with zero attached hydrogens (tertiary/aromatic N) is 3. The average molecular weight is 380 g/mol. The Hall–Kier alpha value is -2.76. The summed E-state index contributed by atoms with van der Waals surface area (Å²) in [7, 11) is 0. The molecule has 0 bridgehead atoms. The van der Waals surface area contributed by atoms with Gasteiger partial charge in [-0.25, -0.2) is 0 Å². The minimum absolute atomic E-state index is 0.0786. The average Bonchev–Trinajstić information content (AvgIpc) is 2.96. The Labute approximate surface area is 154 Å². The standard InChI is InChI=1S/C18H19F3N4O2/c1-4-25-10(5-13(24-25)18(19,20)21)14-9(8-22)16(23)27-12-7-17(2,3)6-11(26)15(12)14/h5,14H,4,6-7,23H2,1-3H3. The summed E-state index contributed by atoms with van der Waals surface area (Å²) in [6.07, 6.45) is -4.04. The van der Waals surface area contributed by atoms with E-state index in [0.717, 1.165) is 10.7 Å². The summed E-state index contributed by atoms with van der Waals surface area (Å²) in [6, 6.07) is 2.77. The third-order valence-electron chi connectivity index (χ3n) is 4.77. The fourth-order valence-electron chi connectivity index (χ4n) is 3.64. The van der Waals surface area contributed by atoms with Crippen molar-refractivity contribution in [1.29, 1.82) is 5.26 Å². The van der Waals surface area contributed by atoms with Crippen LogP contribution < -0.4 is 5.73 Å². The van der Waals surface area contributed by atoms with Crippen LogP contribution in [0.25, 0.3) is 0 Å². The first-order valence-corrected chi connectivity index (χ1v) is 8.47. The third kappa shape index (κ3) is 3.20. The van der Waals surface area contributed by atoms with Crippen LogP contribution in [0, 0.1) is 16.7 Å². The molecule has 1 aromatic heterocycles. The van der Waals surface area contributed by atoms with E-state index in [2.05, 4.69) is 5.10 Å². The molecule has 2 heterocycles. The molecular formula is C18H19F3N4O2. The maximum absolute atomic E-state index is 13.2. The van der Waals surface area contributed by atoms with Gasteiger partial charge < -0.3 is 10.5 Å². The topological polar surface area (TPSA) is 93.9 Å². The number of ketones is 1. The van der Waals surface area contributed by atoms with Gasteiger partial charge in [-0.2, -0.15) is 23.5 Å². The van der Waals surface area contributed by atoms with E-state index in [-0.39, 0.29) is 46.9 Å². The molecule has 27 heavy (non-hydrogen) atoms. The SMILES string of the molecule is CCn1nc(C(F)(F)F)cc1C1C(C#N)=C(N)OC2=C1C(=O)CC(C)(C)C2. The molecule has 0 fully saturated rings. The van der Waals surface area contributed by atoms with Gasteiger partial charge in [0.05, 0.1) is 11.6 Å². The molecule has 1 aliphatic carbocycles. The zero-order valence-corrected chi connectivity index (χ0v) is 15.1. The van der Waals surface area contributed by atoms with Crippen LogP contribution in [0.3, 0.4) is 0 Å². The van der Waals surface area contributed by atoms with Crippen LogP contribution in [0.4, 0.5) is 13.2 Å². The van der Waals surface area contributed by atoms with Gasteiger partial charge in [-0.05, 0) is 18.4 Å². The van der Waals surface area contributed by atoms with Crippen LogP contribution in [0.1, 0.15) is 50.9 Å². The van der Waals surface area contributed by atoms with Gasteiger partial charge in [-0.3, -0.25) is 9.48 Å². The molecule has 0 spiro atoms. The summed E-state index contributed by atoms with van der Waals surface area (Å²) in [6.45, 7) is 5.56. The van der Waals surface area contributed by atoms with Crippen LogP contribution in [0.2, 0.25) is 0 Å². The first-order valence-electron chi connectivity index (χ1n) is 8.47. The second-order valence-electron chi connectivity index (χ2n) is 7.47. The molecule has 1 atom stereocenters. The van der Waals surface area contributed by atoms with Crippen molar-refractivity contribution in [2.45, 2.75) is 52.3 Å². The van der Waals surface area contributed by atoms with Crippen LogP contribution in [-0.4, -0.2) is 15.6 Å². The number of nitrogens with two attached hydrogens (primary N) is 1. The molecule has 1 aliphatic heterocycles. The van der Waals surface area contributed by atoms with Gasteiger partial charge in [-0.1, -0.05) is 13.8 Å². The summed E-state index contributed by atoms with van der Waals surface area (Å²) in [5.74, 6) is -1.16. The third-order valence-corrected chi connectivity index (χ3v) is 4.77. The minimum atomic E-state index is -4.64. The molecule has 3 rings (SSSR count). The molecule has 0 amide bonds. The first-order chi connectivity index (χ1) is 12.5. The predicted octanol–water partition coefficient (Wildman–Crippen LogP) is 3.37. The number of aromatic nitrogens is 2. The highest BCUT2D eigenvalue weighted by Gasteiger charge is 2.45. The van der Waals surface area contributed by atoms with Gasteiger partial charge in [0, 0.05) is 25.0 Å². The summed E-state index contributed by atoms with van der Waals surface area (Å²) in [5, 5.41) is 13.2. The van der Waals surface area contributed by atoms with E-state index in [9.17, 15) is 23.2 Å². The van der Waals surface area contributed by atoms with Crippen molar-refractivity contribution in [1.82, 2.24) is 9.78 Å². The van der Waals surface area contributed by atoms with Crippen molar-refractivity contribution in [3.8, 4) is 6.07 Å². The Kier molecular flexibility index (Phi) is 4.33. The number of allylic oxidation sites excluding steroid dienone is 3. The smallest absolute Gasteiger partial charge is 0.435 e. The van der Waals surface area contributed by atoms with Gasteiger partial charge in [0.1, 0.15) is 17.4 Å². The highest BCUT2D eigenvalue weighted by Crippen LogP contribution is 2.48. The number of hydrogen-bond donors (Lipinski definition) is 1. The molecule has 2 aliphatic rings. The fourth-order valence-corrected chi connectivity index (χ4v) is 3.64. The lowest BCUT2D eigenvalue weighted by atomic mass is 9.71. The normalized spacial score (nSPS) is 22.4. The van der Waals surface area contributed by atoms with Gasteiger partial charge in [0.25, 0.3) is 0 Å². The molecule has 0 saturated carbocycles. The molecule has 9 heteroatoms. The number of Topliss-reactive ketones (excluding diaryl/α,β-unsaturated/α-hetero) is 1. The van der Waals surface area contributed by atoms with Gasteiger partial charge in [0.15, 0.2) is 11.5 Å². The Bertz CT molecular complexity index is 916. The van der Waals surface area contributed by atoms with Gasteiger partial charge in [-0.15, -0.1) is 0 Å². The molecule has 0 radical (unpaired) electrons. The molecule has 6 nitrogen and oxygen atoms in total. The van der Waals surface area contributed by atoms with E-state index in [1.807, 2.05) is 19.9 Å². The minimum Gasteiger partial charge on any atom is -0.444 e. The Balaban J connectivity index is 2.23. The fraction of sp³-hybridized carbons (Fsp3) is 0.500. The van der Waals surface area contributed by atoms with Crippen molar-refractivity contribution < 1.29 is 22.7 Å². The molecule has 0 saturated heterocycles. The van der Waals surface area contributed by atoms with Gasteiger partial charge in [0.2, 0.25) is 5.88 Å². The Morgan fingerprint density at radius 3 is 2.67 bits per heavy atom. The number of carbonyl (C=O) groups excluding carboxylic acids is 1. The van der Waals surface area contributed by atoms with Crippen molar-refractivity contribution in [3.05, 3.63) is 40.2 Å². The second-order valence-corrected chi connectivity index (χ2v) is 7.47. The van der Waals surface area contributed by atoms with Crippen molar-refractivity contribution in [3.63, 3.8) is 0 Å². The number of carbonyl (C=O) groups is 1. The number of rotatable bonds is 2. The lowest BCUT2D eigenvalue weighted by molar-refractivity contribution is -0.141. The highest BCUT2D eigenvalue weighted by atomic mass is 19.4. The second kappa shape index (κ2) is 6.15. The zero-order valence-electron chi connectivity index (χ0n) is 15.1. The van der Waals surface area contributed by atoms with Crippen molar-refractivity contribution in [2.75, 3.05) is 0 Å². The zero-order chi connectivity index (χ0) is 20.1. The molecule has 0 aromatic carbocycles. The molecule has 1 aromatic rings. The number of alkyl halides is 3.